The van der Waals surface area contributed by atoms with Gasteiger partial charge in [0.1, 0.15) is 12.2 Å². The van der Waals surface area contributed by atoms with Crippen LogP contribution in [0.3, 0.4) is 0 Å². The van der Waals surface area contributed by atoms with Crippen molar-refractivity contribution in [1.82, 2.24) is 0 Å². The molecule has 2 aromatic carbocycles. The van der Waals surface area contributed by atoms with Gasteiger partial charge in [-0.2, -0.15) is 75.0 Å². The van der Waals surface area contributed by atoms with Gasteiger partial charge < -0.3 is 80.7 Å². The first-order chi connectivity index (χ1) is 29.9. The fraction of sp³-hybridized carbons (Fsp3) is 0.500. The van der Waals surface area contributed by atoms with E-state index in [2.05, 4.69) is 23.3 Å². The summed E-state index contributed by atoms with van der Waals surface area (Å²) >= 11 is 0. The third kappa shape index (κ3) is 91.0. The number of Topliss-reactive ketones (excluding diaryl/α,β-unsaturated/α-hetero) is 1. The Bertz CT molecular complexity index is 1300. The van der Waals surface area contributed by atoms with E-state index in [4.69, 9.17) is 66.9 Å². The number of esters is 2. The molecule has 0 bridgehead atoms. The summed E-state index contributed by atoms with van der Waals surface area (Å²) in [5.41, 5.74) is 64.5. The van der Waals surface area contributed by atoms with Crippen LogP contribution < -0.4 is 0 Å². The summed E-state index contributed by atoms with van der Waals surface area (Å²) in [4.78, 5) is 67.7. The number of methoxy groups -OCH3 is 2. The van der Waals surface area contributed by atoms with Crippen molar-refractivity contribution < 1.29 is 76.9 Å². The van der Waals surface area contributed by atoms with Crippen molar-refractivity contribution in [2.75, 3.05) is 86.2 Å². The standard InChI is InChI=1S/C12H15NO4.C8H7NO2.C5H8O3.2C3H7N.4C2H6N2.CO2.2Co/c1-9(12(14)17-2)11(8-13(15)16)10-6-4-3-5-7-10;10-9(11)7-6-8-4-2-1-3-5-8;1-4(6)3-5(7)8-2;2*1-2-3-4;4*3-1-2-4;2-1-3;;/h3-7,9,11H,8H2,1-2H3;1-7H;3H2,1-2H3;2*4H,1-3H2;4*3-4H,1-2H2;;;/q;;;6*-2;;;/b;7-6+;;;;;;;;;;. The molecule has 0 aliphatic heterocycles. The Kier molecular flexibility index (Phi) is 99.4. The van der Waals surface area contributed by atoms with Crippen LogP contribution in [0.5, 0.6) is 0 Å². The zero-order valence-corrected chi connectivity index (χ0v) is 39.5. The maximum Gasteiger partial charge on any atom is 0.373 e. The Hall–Kier alpha value is -4.42. The van der Waals surface area contributed by atoms with Crippen molar-refractivity contribution in [3.8, 4) is 0 Å². The van der Waals surface area contributed by atoms with Crippen LogP contribution in [0.2, 0.25) is 0 Å². The molecule has 0 aromatic heterocycles. The number of rotatable bonds is 15. The number of ketones is 1. The number of benzene rings is 2. The summed E-state index contributed by atoms with van der Waals surface area (Å²) in [6, 6.07) is 18.1. The molecule has 2 atom stereocenters. The molecule has 0 fully saturated rings. The minimum Gasteiger partial charge on any atom is -0.679 e. The maximum atomic E-state index is 11.5. The molecule has 0 heterocycles. The number of carbonyl (C=O) groups excluding carboxylic acids is 5. The van der Waals surface area contributed by atoms with Gasteiger partial charge in [-0.25, -0.2) is 12.8 Å². The van der Waals surface area contributed by atoms with Crippen LogP contribution in [0.4, 0.5) is 0 Å². The van der Waals surface area contributed by atoms with E-state index in [1.807, 2.05) is 24.3 Å². The van der Waals surface area contributed by atoms with Gasteiger partial charge in [-0.15, -0.1) is 0 Å². The third-order valence-corrected chi connectivity index (χ3v) is 5.41. The second-order valence-electron chi connectivity index (χ2n) is 10.6. The van der Waals surface area contributed by atoms with Crippen LogP contribution in [0, 0.1) is 40.0 Å². The van der Waals surface area contributed by atoms with Gasteiger partial charge in [-0.1, -0.05) is 67.6 Å². The molecule has 0 saturated carbocycles. The van der Waals surface area contributed by atoms with Crippen LogP contribution in [0.15, 0.2) is 66.9 Å². The minimum absolute atomic E-state index is 0. The molecule has 2 radical (unpaired) electrons. The first-order valence-electron chi connectivity index (χ1n) is 18.6. The van der Waals surface area contributed by atoms with Crippen LogP contribution >= 0.6 is 0 Å². The summed E-state index contributed by atoms with van der Waals surface area (Å²) in [5.74, 6) is -2.07. The number of hydrogen-bond acceptors (Lipinski definition) is 11. The number of hydrogen-bond donors (Lipinski definition) is 0. The fourth-order valence-corrected chi connectivity index (χ4v) is 2.75. The molecular weight excluding hydrogens is 942 g/mol. The third-order valence-electron chi connectivity index (χ3n) is 5.41. The van der Waals surface area contributed by atoms with Crippen LogP contribution in [-0.2, 0) is 67.0 Å². The number of carbonyl (C=O) groups is 3. The Morgan fingerprint density at radius 2 is 0.985 bits per heavy atom. The summed E-state index contributed by atoms with van der Waals surface area (Å²) < 4.78 is 8.84. The van der Waals surface area contributed by atoms with Gasteiger partial charge >= 0.3 is 18.1 Å². The molecule has 2 rings (SSSR count). The van der Waals surface area contributed by atoms with Crippen molar-refractivity contribution in [1.29, 1.82) is 0 Å². The van der Waals surface area contributed by atoms with Gasteiger partial charge in [0.2, 0.25) is 12.7 Å². The second kappa shape index (κ2) is 76.9. The monoisotopic (exact) mass is 1010 g/mol. The molecule has 0 amide bonds. The van der Waals surface area contributed by atoms with E-state index in [1.165, 1.54) is 27.2 Å². The van der Waals surface area contributed by atoms with Gasteiger partial charge in [0.25, 0.3) is 0 Å². The minimum atomic E-state index is -0.534. The zero-order valence-electron chi connectivity index (χ0n) is 37.4. The molecular formula is C40H68Co2N12O11-12. The molecule has 65 heavy (non-hydrogen) atoms. The molecule has 0 spiro atoms. The molecule has 0 aliphatic carbocycles. The first kappa shape index (κ1) is 84.1. The van der Waals surface area contributed by atoms with E-state index < -0.39 is 33.6 Å². The summed E-state index contributed by atoms with van der Waals surface area (Å²) in [5, 5.41) is 20.5. The van der Waals surface area contributed by atoms with E-state index in [9.17, 15) is 34.6 Å². The quantitative estimate of drug-likeness (QED) is 0.0530. The van der Waals surface area contributed by atoms with Gasteiger partial charge in [-0.05, 0) is 18.1 Å². The number of ether oxygens (including phenoxy) is 2. The predicted molar refractivity (Wildman–Crippen MR) is 249 cm³/mol. The van der Waals surface area contributed by atoms with E-state index in [0.717, 1.165) is 30.2 Å². The van der Waals surface area contributed by atoms with Gasteiger partial charge in [0, 0.05) is 44.6 Å². The second-order valence-corrected chi connectivity index (χ2v) is 10.6. The molecule has 23 nitrogen and oxygen atoms in total. The van der Waals surface area contributed by atoms with E-state index >= 15 is 0 Å². The Morgan fingerprint density at radius 3 is 1.20 bits per heavy atom. The molecule has 384 valence electrons. The van der Waals surface area contributed by atoms with Crippen LogP contribution in [0.1, 0.15) is 50.2 Å². The first-order valence-corrected chi connectivity index (χ1v) is 18.6. The zero-order chi connectivity index (χ0) is 50.7. The summed E-state index contributed by atoms with van der Waals surface area (Å²) in [6.07, 6.45) is 3.99. The predicted octanol–water partition coefficient (Wildman–Crippen LogP) is 10.2. The Labute approximate surface area is 405 Å². The van der Waals surface area contributed by atoms with Crippen molar-refractivity contribution in [3.63, 3.8) is 0 Å². The number of nitro groups is 2. The van der Waals surface area contributed by atoms with Gasteiger partial charge in [0.05, 0.1) is 31.0 Å². The molecule has 0 aliphatic rings. The van der Waals surface area contributed by atoms with Gasteiger partial charge in [0.15, 0.2) is 0 Å². The average molecular weight is 1010 g/mol. The van der Waals surface area contributed by atoms with Crippen molar-refractivity contribution >= 4 is 29.9 Å². The van der Waals surface area contributed by atoms with E-state index in [1.54, 1.807) is 43.3 Å². The molecule has 10 N–H and O–H groups in total. The maximum absolute atomic E-state index is 11.5. The summed E-state index contributed by atoms with van der Waals surface area (Å²) in [7, 11) is 2.54. The van der Waals surface area contributed by atoms with Gasteiger partial charge in [-0.3, -0.25) is 34.6 Å². The normalized spacial score (nSPS) is 9.23. The van der Waals surface area contributed by atoms with Crippen LogP contribution in [-0.4, -0.2) is 120 Å². The Morgan fingerprint density at radius 1 is 0.662 bits per heavy atom. The van der Waals surface area contributed by atoms with Crippen molar-refractivity contribution in [2.45, 2.75) is 39.0 Å². The number of nitrogens with zero attached hydrogens (tertiary/aromatic N) is 2. The number of nitrogens with one attached hydrogen (secondary N) is 10. The molecule has 25 heteroatoms. The van der Waals surface area contributed by atoms with Crippen molar-refractivity contribution in [2.24, 2.45) is 5.92 Å². The smallest absolute Gasteiger partial charge is 0.373 e. The fourth-order valence-electron chi connectivity index (χ4n) is 2.75. The molecule has 0 saturated heterocycles. The Balaban J connectivity index is -0.0000000693. The van der Waals surface area contributed by atoms with Crippen molar-refractivity contribution in [3.05, 3.63) is 169 Å². The van der Waals surface area contributed by atoms with Crippen LogP contribution in [0.25, 0.3) is 63.4 Å². The average Bonchev–Trinajstić information content (AvgIpc) is 3.30. The largest absolute Gasteiger partial charge is 0.679 e. The summed E-state index contributed by atoms with van der Waals surface area (Å²) in [6.45, 7) is 12.4. The molecule has 2 unspecified atom stereocenters. The van der Waals surface area contributed by atoms with E-state index in [-0.39, 0.29) is 111 Å². The van der Waals surface area contributed by atoms with E-state index in [0.29, 0.717) is 13.1 Å². The molecule has 2 aromatic rings. The topological polar surface area (TPSA) is 428 Å². The SMILES string of the molecule is COC(=O)C(C)C(C[N+](=O)[O-])c1ccccc1.COC(=O)CC(C)=O.O=C=O.O=[N+]([O-])/C=C/c1ccccc1.[CH2-]CC[NH-].[CH2-]CC[NH-].[Co].[Co].[NH-]CC[NH-].[NH-]CC[NH-].[NH-]CC[NH-].[NH-]CC[NH-].